The summed E-state index contributed by atoms with van der Waals surface area (Å²) in [5.74, 6) is 1.05. The van der Waals surface area contributed by atoms with Crippen molar-refractivity contribution in [3.63, 3.8) is 0 Å². The fourth-order valence-electron chi connectivity index (χ4n) is 1.34. The highest BCUT2D eigenvalue weighted by Crippen LogP contribution is 2.30. The molecule has 19 heavy (non-hydrogen) atoms. The molecule has 0 spiro atoms. The normalized spacial score (nSPS) is 10.1. The molecule has 0 aliphatic heterocycles. The van der Waals surface area contributed by atoms with Crippen molar-refractivity contribution < 1.29 is 14.2 Å². The molecule has 0 fully saturated rings. The molecule has 0 amide bonds. The number of aromatic nitrogens is 2. The number of anilines is 1. The highest BCUT2D eigenvalue weighted by Gasteiger charge is 2.10. The second-order valence-electron chi connectivity index (χ2n) is 3.53. The topological polar surface area (TPSA) is 79.5 Å². The lowest BCUT2D eigenvalue weighted by Gasteiger charge is -2.08. The fraction of sp³-hybridized carbons (Fsp3) is 0.167. The number of halogens is 1. The number of nitrogen functional groups attached to an aromatic ring is 1. The zero-order chi connectivity index (χ0) is 13.8. The Labute approximate surface area is 115 Å². The lowest BCUT2D eigenvalue weighted by Crippen LogP contribution is -1.98. The molecule has 2 N–H and O–H groups in total. The summed E-state index contributed by atoms with van der Waals surface area (Å²) >= 11 is 6.00. The monoisotopic (exact) mass is 281 g/mol. The molecule has 7 heteroatoms. The number of rotatable bonds is 4. The number of nitrogens with zero attached hydrogens (tertiary/aromatic N) is 2. The van der Waals surface area contributed by atoms with Gasteiger partial charge in [0.15, 0.2) is 0 Å². The van der Waals surface area contributed by atoms with Crippen molar-refractivity contribution in [1.82, 2.24) is 9.97 Å². The van der Waals surface area contributed by atoms with E-state index in [1.807, 2.05) is 0 Å². The predicted octanol–water partition coefficient (Wildman–Crippen LogP) is 2.52. The second kappa shape index (κ2) is 5.62. The molecule has 2 aromatic rings. The number of methoxy groups -OCH3 is 2. The van der Waals surface area contributed by atoms with E-state index in [1.165, 1.54) is 20.3 Å². The van der Waals surface area contributed by atoms with E-state index in [0.717, 1.165) is 0 Å². The van der Waals surface area contributed by atoms with Crippen LogP contribution in [0, 0.1) is 0 Å². The van der Waals surface area contributed by atoms with E-state index in [1.54, 1.807) is 18.2 Å². The highest BCUT2D eigenvalue weighted by atomic mass is 35.5. The third kappa shape index (κ3) is 3.17. The van der Waals surface area contributed by atoms with Crippen LogP contribution in [0.15, 0.2) is 24.3 Å². The van der Waals surface area contributed by atoms with Crippen LogP contribution in [0.5, 0.6) is 23.5 Å². The van der Waals surface area contributed by atoms with Crippen LogP contribution < -0.4 is 19.9 Å². The van der Waals surface area contributed by atoms with Crippen LogP contribution in [0.25, 0.3) is 0 Å². The molecule has 2 rings (SSSR count). The lowest BCUT2D eigenvalue weighted by molar-refractivity contribution is 0.348. The quantitative estimate of drug-likeness (QED) is 0.868. The Morgan fingerprint density at radius 2 is 1.68 bits per heavy atom. The number of hydrogen-bond donors (Lipinski definition) is 1. The Morgan fingerprint density at radius 1 is 1.05 bits per heavy atom. The Balaban J connectivity index is 2.31. The molecule has 6 nitrogen and oxygen atoms in total. The number of hydrogen-bond acceptors (Lipinski definition) is 6. The van der Waals surface area contributed by atoms with Gasteiger partial charge in [-0.3, -0.25) is 0 Å². The molecule has 0 aliphatic carbocycles. The minimum atomic E-state index is 0.0721. The van der Waals surface area contributed by atoms with Crippen molar-refractivity contribution >= 4 is 17.3 Å². The minimum Gasteiger partial charge on any atom is -0.481 e. The number of ether oxygens (including phenoxy) is 3. The standard InChI is InChI=1S/C12H12ClN3O3/c1-17-10-6-11(18-2)16-12(15-10)19-9-4-3-7(14)5-8(9)13/h3-6H,14H2,1-2H3. The Hall–Kier alpha value is -2.21. The van der Waals surface area contributed by atoms with Crippen molar-refractivity contribution in [2.24, 2.45) is 0 Å². The first kappa shape index (κ1) is 13.2. The molecule has 100 valence electrons. The van der Waals surface area contributed by atoms with Gasteiger partial charge in [0.1, 0.15) is 5.75 Å². The summed E-state index contributed by atoms with van der Waals surface area (Å²) in [5.41, 5.74) is 6.14. The van der Waals surface area contributed by atoms with Crippen molar-refractivity contribution in [3.8, 4) is 23.5 Å². The zero-order valence-corrected chi connectivity index (χ0v) is 11.1. The molecule has 0 saturated carbocycles. The van der Waals surface area contributed by atoms with Crippen molar-refractivity contribution in [2.75, 3.05) is 20.0 Å². The molecule has 1 heterocycles. The molecular formula is C12H12ClN3O3. The van der Waals surface area contributed by atoms with Crippen LogP contribution in [0.2, 0.25) is 5.02 Å². The number of benzene rings is 1. The minimum absolute atomic E-state index is 0.0721. The molecule has 0 aliphatic rings. The van der Waals surface area contributed by atoms with Crippen LogP contribution in [-0.2, 0) is 0 Å². The SMILES string of the molecule is COc1cc(OC)nc(Oc2ccc(N)cc2Cl)n1. The number of nitrogens with two attached hydrogens (primary N) is 1. The molecule has 0 radical (unpaired) electrons. The van der Waals surface area contributed by atoms with Crippen LogP contribution >= 0.6 is 11.6 Å². The van der Waals surface area contributed by atoms with E-state index in [9.17, 15) is 0 Å². The van der Waals surface area contributed by atoms with E-state index in [4.69, 9.17) is 31.5 Å². The molecule has 1 aromatic carbocycles. The first-order valence-corrected chi connectivity index (χ1v) is 5.70. The van der Waals surface area contributed by atoms with Crippen LogP contribution in [0.1, 0.15) is 0 Å². The van der Waals surface area contributed by atoms with Gasteiger partial charge in [0.2, 0.25) is 11.8 Å². The summed E-state index contributed by atoms with van der Waals surface area (Å²) in [7, 11) is 2.98. The maximum atomic E-state index is 6.00. The molecule has 0 bridgehead atoms. The van der Waals surface area contributed by atoms with Gasteiger partial charge in [-0.25, -0.2) is 0 Å². The van der Waals surface area contributed by atoms with Crippen LogP contribution in [0.3, 0.4) is 0 Å². The van der Waals surface area contributed by atoms with Gasteiger partial charge in [0.25, 0.3) is 0 Å². The zero-order valence-electron chi connectivity index (χ0n) is 10.4. The Kier molecular flexibility index (Phi) is 3.91. The van der Waals surface area contributed by atoms with Gasteiger partial charge < -0.3 is 19.9 Å². The van der Waals surface area contributed by atoms with E-state index in [2.05, 4.69) is 9.97 Å². The van der Waals surface area contributed by atoms with Crippen molar-refractivity contribution in [1.29, 1.82) is 0 Å². The molecule has 0 unspecified atom stereocenters. The average Bonchev–Trinajstić information content (AvgIpc) is 2.41. The summed E-state index contributed by atoms with van der Waals surface area (Å²) in [6, 6.07) is 6.49. The van der Waals surface area contributed by atoms with Crippen LogP contribution in [0.4, 0.5) is 5.69 Å². The fourth-order valence-corrected chi connectivity index (χ4v) is 1.56. The Bertz CT molecular complexity index is 570. The molecule has 0 saturated heterocycles. The lowest BCUT2D eigenvalue weighted by atomic mass is 10.3. The summed E-state index contributed by atoms with van der Waals surface area (Å²) in [5, 5.41) is 0.366. The molecule has 0 atom stereocenters. The summed E-state index contributed by atoms with van der Waals surface area (Å²) in [6.07, 6.45) is 0. The maximum absolute atomic E-state index is 6.00. The third-order valence-electron chi connectivity index (χ3n) is 2.23. The van der Waals surface area contributed by atoms with E-state index in [-0.39, 0.29) is 6.01 Å². The van der Waals surface area contributed by atoms with Gasteiger partial charge >= 0.3 is 6.01 Å². The smallest absolute Gasteiger partial charge is 0.328 e. The van der Waals surface area contributed by atoms with Gasteiger partial charge in [-0.2, -0.15) is 9.97 Å². The summed E-state index contributed by atoms with van der Waals surface area (Å²) in [4.78, 5) is 8.07. The predicted molar refractivity (Wildman–Crippen MR) is 71.1 cm³/mol. The van der Waals surface area contributed by atoms with Gasteiger partial charge in [-0.1, -0.05) is 11.6 Å². The van der Waals surface area contributed by atoms with Crippen molar-refractivity contribution in [2.45, 2.75) is 0 Å². The first-order chi connectivity index (χ1) is 9.12. The second-order valence-corrected chi connectivity index (χ2v) is 3.93. The molecule has 1 aromatic heterocycles. The van der Waals surface area contributed by atoms with Gasteiger partial charge in [0, 0.05) is 5.69 Å². The Morgan fingerprint density at radius 3 is 2.21 bits per heavy atom. The van der Waals surface area contributed by atoms with Crippen LogP contribution in [-0.4, -0.2) is 24.2 Å². The summed E-state index contributed by atoms with van der Waals surface area (Å²) in [6.45, 7) is 0. The maximum Gasteiger partial charge on any atom is 0.328 e. The van der Waals surface area contributed by atoms with E-state index < -0.39 is 0 Å². The molecular weight excluding hydrogens is 270 g/mol. The van der Waals surface area contributed by atoms with Crippen molar-refractivity contribution in [3.05, 3.63) is 29.3 Å². The van der Waals surface area contributed by atoms with Gasteiger partial charge in [-0.15, -0.1) is 0 Å². The third-order valence-corrected chi connectivity index (χ3v) is 2.53. The van der Waals surface area contributed by atoms with Gasteiger partial charge in [0.05, 0.1) is 25.3 Å². The highest BCUT2D eigenvalue weighted by molar-refractivity contribution is 6.32. The summed E-state index contributed by atoms with van der Waals surface area (Å²) < 4.78 is 15.5. The van der Waals surface area contributed by atoms with E-state index in [0.29, 0.717) is 28.2 Å². The largest absolute Gasteiger partial charge is 0.481 e. The van der Waals surface area contributed by atoms with E-state index >= 15 is 0 Å². The average molecular weight is 282 g/mol. The van der Waals surface area contributed by atoms with Gasteiger partial charge in [-0.05, 0) is 18.2 Å². The first-order valence-electron chi connectivity index (χ1n) is 5.32.